The molecule has 4 aromatic rings. The predicted octanol–water partition coefficient (Wildman–Crippen LogP) is 5.20. The molecule has 2 bridgehead atoms. The van der Waals surface area contributed by atoms with Crippen molar-refractivity contribution >= 4 is 5.91 Å². The topological polar surface area (TPSA) is 56.0 Å². The molecule has 0 spiro atoms. The summed E-state index contributed by atoms with van der Waals surface area (Å²) in [5, 5.41) is 8.92. The lowest BCUT2D eigenvalue weighted by Gasteiger charge is -2.45. The van der Waals surface area contributed by atoms with Crippen molar-refractivity contribution in [2.75, 3.05) is 0 Å². The SMILES string of the molecule is Cn1cc(-c2cccc(C(=O)N3C4CCCC3c3nn(C)c(-c5cc(F)c(F)c(F)c5)c3C4)c2)cn1. The van der Waals surface area contributed by atoms with Gasteiger partial charge in [0.2, 0.25) is 0 Å². The quantitative estimate of drug-likeness (QED) is 0.371. The number of rotatable bonds is 3. The first kappa shape index (κ1) is 22.6. The summed E-state index contributed by atoms with van der Waals surface area (Å²) in [6, 6.07) is 9.24. The van der Waals surface area contributed by atoms with Crippen molar-refractivity contribution in [1.82, 2.24) is 24.5 Å². The molecule has 0 aliphatic carbocycles. The van der Waals surface area contributed by atoms with E-state index in [1.165, 1.54) is 0 Å². The molecule has 6 rings (SSSR count). The summed E-state index contributed by atoms with van der Waals surface area (Å²) >= 11 is 0. The number of halogens is 3. The van der Waals surface area contributed by atoms with Gasteiger partial charge in [-0.15, -0.1) is 0 Å². The summed E-state index contributed by atoms with van der Waals surface area (Å²) in [4.78, 5) is 15.8. The maximum absolute atomic E-state index is 14.0. The summed E-state index contributed by atoms with van der Waals surface area (Å²) in [5.74, 6) is -4.02. The lowest BCUT2D eigenvalue weighted by Crippen LogP contribution is -2.49. The van der Waals surface area contributed by atoms with E-state index in [0.717, 1.165) is 53.8 Å². The van der Waals surface area contributed by atoms with E-state index in [4.69, 9.17) is 5.10 Å². The average Bonchev–Trinajstić information content (AvgIpc) is 3.44. The molecule has 184 valence electrons. The number of aryl methyl sites for hydroxylation is 2. The number of carbonyl (C=O) groups is 1. The molecule has 0 saturated carbocycles. The third-order valence-electron chi connectivity index (χ3n) is 7.32. The van der Waals surface area contributed by atoms with E-state index in [1.54, 1.807) is 22.6 Å². The minimum Gasteiger partial charge on any atom is -0.327 e. The number of nitrogens with zero attached hydrogens (tertiary/aromatic N) is 5. The second kappa shape index (κ2) is 8.36. The highest BCUT2D eigenvalue weighted by atomic mass is 19.2. The first-order valence-corrected chi connectivity index (χ1v) is 11.9. The van der Waals surface area contributed by atoms with Crippen molar-refractivity contribution < 1.29 is 18.0 Å². The number of benzene rings is 2. The fourth-order valence-corrected chi connectivity index (χ4v) is 5.75. The van der Waals surface area contributed by atoms with Crippen LogP contribution in [0.25, 0.3) is 22.4 Å². The number of fused-ring (bicyclic) bond motifs is 4. The lowest BCUT2D eigenvalue weighted by molar-refractivity contribution is 0.0392. The van der Waals surface area contributed by atoms with E-state index in [1.807, 2.05) is 42.4 Å². The smallest absolute Gasteiger partial charge is 0.254 e. The molecule has 0 N–H and O–H groups in total. The highest BCUT2D eigenvalue weighted by Crippen LogP contribution is 2.45. The third kappa shape index (κ3) is 3.53. The van der Waals surface area contributed by atoms with Gasteiger partial charge in [-0.3, -0.25) is 14.2 Å². The molecule has 1 amide bonds. The molecule has 2 aliphatic heterocycles. The molecule has 2 aromatic carbocycles. The number of aromatic nitrogens is 4. The standard InChI is InChI=1S/C27H24F3N5O/c1-33-14-18(13-31-33)15-5-3-6-16(9-15)27(36)35-19-7-4-8-23(35)25-20(12-19)26(34(2)32-25)17-10-21(28)24(30)22(29)11-17/h3,5-6,9-11,13-14,19,23H,4,7-8,12H2,1-2H3. The first-order chi connectivity index (χ1) is 17.3. The van der Waals surface area contributed by atoms with Crippen LogP contribution in [0.3, 0.4) is 0 Å². The Morgan fingerprint density at radius 1 is 1.00 bits per heavy atom. The Labute approximate surface area is 206 Å². The Morgan fingerprint density at radius 2 is 1.78 bits per heavy atom. The van der Waals surface area contributed by atoms with Crippen LogP contribution in [0.15, 0.2) is 48.8 Å². The van der Waals surface area contributed by atoms with Crippen molar-refractivity contribution in [2.24, 2.45) is 14.1 Å². The van der Waals surface area contributed by atoms with Gasteiger partial charge in [0.15, 0.2) is 17.5 Å². The van der Waals surface area contributed by atoms with Gasteiger partial charge in [-0.1, -0.05) is 12.1 Å². The number of piperidine rings is 1. The molecule has 2 unspecified atom stereocenters. The molecule has 6 nitrogen and oxygen atoms in total. The van der Waals surface area contributed by atoms with Gasteiger partial charge in [-0.05, 0) is 55.5 Å². The largest absolute Gasteiger partial charge is 0.327 e. The van der Waals surface area contributed by atoms with Crippen LogP contribution in [0.5, 0.6) is 0 Å². The molecule has 9 heteroatoms. The Morgan fingerprint density at radius 3 is 2.50 bits per heavy atom. The van der Waals surface area contributed by atoms with E-state index in [2.05, 4.69) is 5.10 Å². The van der Waals surface area contributed by atoms with E-state index >= 15 is 0 Å². The van der Waals surface area contributed by atoms with Gasteiger partial charge in [-0.2, -0.15) is 10.2 Å². The van der Waals surface area contributed by atoms with Crippen molar-refractivity contribution in [3.8, 4) is 22.4 Å². The first-order valence-electron chi connectivity index (χ1n) is 11.9. The summed E-state index contributed by atoms with van der Waals surface area (Å²) in [6.07, 6.45) is 6.72. The zero-order chi connectivity index (χ0) is 25.1. The normalized spacial score (nSPS) is 18.9. The van der Waals surface area contributed by atoms with Crippen LogP contribution in [-0.2, 0) is 20.5 Å². The molecule has 36 heavy (non-hydrogen) atoms. The molecule has 1 fully saturated rings. The van der Waals surface area contributed by atoms with Gasteiger partial charge < -0.3 is 4.90 Å². The van der Waals surface area contributed by atoms with Gasteiger partial charge in [0, 0.05) is 48.6 Å². The summed E-state index contributed by atoms with van der Waals surface area (Å²) in [7, 11) is 3.56. The highest BCUT2D eigenvalue weighted by Gasteiger charge is 2.43. The van der Waals surface area contributed by atoms with Gasteiger partial charge in [0.25, 0.3) is 5.91 Å². The van der Waals surface area contributed by atoms with Gasteiger partial charge in [0.1, 0.15) is 0 Å². The molecule has 2 aromatic heterocycles. The Hall–Kier alpha value is -3.88. The van der Waals surface area contributed by atoms with Crippen molar-refractivity contribution in [3.05, 3.63) is 83.1 Å². The van der Waals surface area contributed by atoms with Crippen LogP contribution in [0.4, 0.5) is 13.2 Å². The van der Waals surface area contributed by atoms with Crippen LogP contribution in [0.1, 0.15) is 46.9 Å². The van der Waals surface area contributed by atoms with Gasteiger partial charge >= 0.3 is 0 Å². The highest BCUT2D eigenvalue weighted by molar-refractivity contribution is 5.96. The summed E-state index contributed by atoms with van der Waals surface area (Å²) in [6.45, 7) is 0. The second-order valence-electron chi connectivity index (χ2n) is 9.59. The fraction of sp³-hybridized carbons (Fsp3) is 0.296. The maximum Gasteiger partial charge on any atom is 0.254 e. The number of hydrogen-bond donors (Lipinski definition) is 0. The molecule has 0 radical (unpaired) electrons. The molecular formula is C27H24F3N5O. The Kier molecular flexibility index (Phi) is 5.24. The number of hydrogen-bond acceptors (Lipinski definition) is 3. The van der Waals surface area contributed by atoms with Crippen molar-refractivity contribution in [1.29, 1.82) is 0 Å². The summed E-state index contributed by atoms with van der Waals surface area (Å²) in [5.41, 5.74) is 4.85. The van der Waals surface area contributed by atoms with E-state index < -0.39 is 17.5 Å². The fourth-order valence-electron chi connectivity index (χ4n) is 5.75. The third-order valence-corrected chi connectivity index (χ3v) is 7.32. The second-order valence-corrected chi connectivity index (χ2v) is 9.59. The average molecular weight is 492 g/mol. The zero-order valence-electron chi connectivity index (χ0n) is 19.9. The molecule has 2 aliphatic rings. The van der Waals surface area contributed by atoms with Crippen LogP contribution in [0, 0.1) is 17.5 Å². The minimum absolute atomic E-state index is 0.0628. The maximum atomic E-state index is 14.0. The predicted molar refractivity (Wildman–Crippen MR) is 127 cm³/mol. The number of carbonyl (C=O) groups excluding carboxylic acids is 1. The van der Waals surface area contributed by atoms with Crippen LogP contribution in [-0.4, -0.2) is 36.4 Å². The van der Waals surface area contributed by atoms with Gasteiger partial charge in [0.05, 0.1) is 23.6 Å². The molecule has 4 heterocycles. The molecule has 2 atom stereocenters. The zero-order valence-corrected chi connectivity index (χ0v) is 19.9. The minimum atomic E-state index is -1.49. The van der Waals surface area contributed by atoms with Gasteiger partial charge in [-0.25, -0.2) is 13.2 Å². The number of amides is 1. The van der Waals surface area contributed by atoms with Crippen LogP contribution >= 0.6 is 0 Å². The van der Waals surface area contributed by atoms with Crippen LogP contribution in [0.2, 0.25) is 0 Å². The molecule has 1 saturated heterocycles. The van der Waals surface area contributed by atoms with Crippen LogP contribution < -0.4 is 0 Å². The van der Waals surface area contributed by atoms with Crippen molar-refractivity contribution in [3.63, 3.8) is 0 Å². The molecular weight excluding hydrogens is 467 g/mol. The van der Waals surface area contributed by atoms with E-state index in [9.17, 15) is 18.0 Å². The van der Waals surface area contributed by atoms with E-state index in [-0.39, 0.29) is 23.6 Å². The van der Waals surface area contributed by atoms with Crippen molar-refractivity contribution in [2.45, 2.75) is 37.8 Å². The lowest BCUT2D eigenvalue weighted by atomic mass is 9.81. The summed E-state index contributed by atoms with van der Waals surface area (Å²) < 4.78 is 45.0. The Bertz CT molecular complexity index is 1480. The van der Waals surface area contributed by atoms with E-state index in [0.29, 0.717) is 17.7 Å². The Balaban J connectivity index is 1.39. The monoisotopic (exact) mass is 491 g/mol.